The van der Waals surface area contributed by atoms with Gasteiger partial charge in [-0.15, -0.1) is 0 Å². The van der Waals surface area contributed by atoms with Crippen molar-refractivity contribution in [1.82, 2.24) is 5.01 Å². The van der Waals surface area contributed by atoms with Gasteiger partial charge in [-0.3, -0.25) is 19.7 Å². The second-order valence-corrected chi connectivity index (χ2v) is 6.62. The van der Waals surface area contributed by atoms with Crippen LogP contribution >= 0.6 is 0 Å². The van der Waals surface area contributed by atoms with Crippen molar-refractivity contribution in [2.24, 2.45) is 5.10 Å². The molecule has 0 spiro atoms. The molecule has 2 aromatic carbocycles. The summed E-state index contributed by atoms with van der Waals surface area (Å²) in [6.45, 7) is 1.97. The summed E-state index contributed by atoms with van der Waals surface area (Å²) in [7, 11) is 0. The summed E-state index contributed by atoms with van der Waals surface area (Å²) in [6.07, 6.45) is -0.0964. The van der Waals surface area contributed by atoms with Crippen LogP contribution in [0, 0.1) is 17.0 Å². The fourth-order valence-electron chi connectivity index (χ4n) is 3.09. The molecule has 1 atom stereocenters. The number of carboxylic acid groups (broad SMARTS) is 1. The summed E-state index contributed by atoms with van der Waals surface area (Å²) in [5.74, 6) is -1.50. The van der Waals surface area contributed by atoms with E-state index < -0.39 is 22.8 Å². The molecule has 1 aliphatic rings. The van der Waals surface area contributed by atoms with Crippen molar-refractivity contribution >= 4 is 23.3 Å². The molecule has 144 valence electrons. The average Bonchev–Trinajstić information content (AvgIpc) is 3.12. The number of hydrogen-bond donors (Lipinski definition) is 1. The van der Waals surface area contributed by atoms with E-state index in [9.17, 15) is 19.7 Å². The van der Waals surface area contributed by atoms with E-state index in [1.165, 1.54) is 17.1 Å². The maximum absolute atomic E-state index is 12.6. The van der Waals surface area contributed by atoms with E-state index in [0.29, 0.717) is 17.7 Å². The Labute approximate surface area is 161 Å². The number of amides is 1. The number of nitro benzene ring substituents is 1. The second-order valence-electron chi connectivity index (χ2n) is 6.62. The van der Waals surface area contributed by atoms with E-state index >= 15 is 0 Å². The van der Waals surface area contributed by atoms with Crippen molar-refractivity contribution in [3.05, 3.63) is 75.3 Å². The van der Waals surface area contributed by atoms with Crippen LogP contribution in [0.5, 0.6) is 0 Å². The topological polar surface area (TPSA) is 113 Å². The molecule has 8 nitrogen and oxygen atoms in total. The van der Waals surface area contributed by atoms with Crippen LogP contribution in [-0.4, -0.2) is 32.6 Å². The molecule has 1 heterocycles. The normalized spacial score (nSPS) is 16.0. The molecule has 1 N–H and O–H groups in total. The van der Waals surface area contributed by atoms with Crippen LogP contribution in [0.3, 0.4) is 0 Å². The number of hydrogen-bond acceptors (Lipinski definition) is 5. The van der Waals surface area contributed by atoms with Gasteiger partial charge in [-0.25, -0.2) is 5.01 Å². The first-order valence-corrected chi connectivity index (χ1v) is 8.78. The number of nitrogens with zero attached hydrogens (tertiary/aromatic N) is 3. The molecule has 8 heteroatoms. The molecule has 28 heavy (non-hydrogen) atoms. The Morgan fingerprint density at radius 2 is 1.93 bits per heavy atom. The van der Waals surface area contributed by atoms with Crippen LogP contribution in [0.25, 0.3) is 0 Å². The first-order chi connectivity index (χ1) is 13.3. The summed E-state index contributed by atoms with van der Waals surface area (Å²) in [4.78, 5) is 34.1. The van der Waals surface area contributed by atoms with Crippen molar-refractivity contribution in [3.63, 3.8) is 0 Å². The van der Waals surface area contributed by atoms with Gasteiger partial charge in [0, 0.05) is 25.0 Å². The van der Waals surface area contributed by atoms with Gasteiger partial charge >= 0.3 is 5.97 Å². The highest BCUT2D eigenvalue weighted by molar-refractivity contribution is 6.03. The number of nitro groups is 1. The van der Waals surface area contributed by atoms with Gasteiger partial charge in [-0.05, 0) is 18.1 Å². The maximum atomic E-state index is 12.6. The number of carbonyl (C=O) groups excluding carboxylic acids is 1. The third-order valence-electron chi connectivity index (χ3n) is 4.57. The fourth-order valence-corrected chi connectivity index (χ4v) is 3.09. The van der Waals surface area contributed by atoms with E-state index in [2.05, 4.69) is 5.10 Å². The highest BCUT2D eigenvalue weighted by atomic mass is 16.6. The Bertz CT molecular complexity index is 953. The molecule has 0 aliphatic carbocycles. The lowest BCUT2D eigenvalue weighted by molar-refractivity contribution is -0.385. The summed E-state index contributed by atoms with van der Waals surface area (Å²) < 4.78 is 0. The number of non-ortho nitro benzene ring substituents is 1. The van der Waals surface area contributed by atoms with Crippen LogP contribution in [-0.2, 0) is 9.59 Å². The van der Waals surface area contributed by atoms with Crippen molar-refractivity contribution < 1.29 is 19.6 Å². The standard InChI is InChI=1S/C20H19N3O5/c1-13-5-7-14(8-6-13)17-12-18(15-3-2-4-16(11-15)23(27)28)22(21-17)19(24)9-10-20(25)26/h2-8,11,18H,9-10,12H2,1H3,(H,25,26)/t18-/m1/s1. The molecule has 0 aromatic heterocycles. The smallest absolute Gasteiger partial charge is 0.303 e. The van der Waals surface area contributed by atoms with Gasteiger partial charge in [-0.2, -0.15) is 5.10 Å². The van der Waals surface area contributed by atoms with Gasteiger partial charge in [0.15, 0.2) is 0 Å². The highest BCUT2D eigenvalue weighted by Gasteiger charge is 2.33. The quantitative estimate of drug-likeness (QED) is 0.608. The molecule has 0 fully saturated rings. The van der Waals surface area contributed by atoms with E-state index in [1.54, 1.807) is 12.1 Å². The number of aryl methyl sites for hydroxylation is 1. The van der Waals surface area contributed by atoms with Crippen LogP contribution in [0.4, 0.5) is 5.69 Å². The molecule has 0 radical (unpaired) electrons. The average molecular weight is 381 g/mol. The summed E-state index contributed by atoms with van der Waals surface area (Å²) in [5, 5.41) is 25.7. The Balaban J connectivity index is 1.94. The molecule has 1 amide bonds. The zero-order chi connectivity index (χ0) is 20.3. The van der Waals surface area contributed by atoms with Crippen LogP contribution in [0.15, 0.2) is 53.6 Å². The number of aliphatic carboxylic acids is 1. The molecular weight excluding hydrogens is 362 g/mol. The summed E-state index contributed by atoms with van der Waals surface area (Å²) in [5.41, 5.74) is 3.14. The lowest BCUT2D eigenvalue weighted by Gasteiger charge is -2.21. The van der Waals surface area contributed by atoms with Crippen LogP contribution < -0.4 is 0 Å². The molecular formula is C20H19N3O5. The molecule has 0 saturated carbocycles. The van der Waals surface area contributed by atoms with Gasteiger partial charge in [-0.1, -0.05) is 42.0 Å². The van der Waals surface area contributed by atoms with Gasteiger partial charge in [0.25, 0.3) is 5.69 Å². The maximum Gasteiger partial charge on any atom is 0.303 e. The first kappa shape index (κ1) is 19.2. The van der Waals surface area contributed by atoms with Crippen LogP contribution in [0.2, 0.25) is 0 Å². The zero-order valence-corrected chi connectivity index (χ0v) is 15.2. The minimum Gasteiger partial charge on any atom is -0.481 e. The zero-order valence-electron chi connectivity index (χ0n) is 15.2. The lowest BCUT2D eigenvalue weighted by atomic mass is 9.97. The van der Waals surface area contributed by atoms with Gasteiger partial charge in [0.2, 0.25) is 5.91 Å². The van der Waals surface area contributed by atoms with Crippen molar-refractivity contribution in [2.75, 3.05) is 0 Å². The third kappa shape index (κ3) is 4.22. The summed E-state index contributed by atoms with van der Waals surface area (Å²) in [6, 6.07) is 13.3. The SMILES string of the molecule is Cc1ccc(C2=NN(C(=O)CCC(=O)O)[C@@H](c3cccc([N+](=O)[O-])c3)C2)cc1. The number of hydrazone groups is 1. The third-order valence-corrected chi connectivity index (χ3v) is 4.57. The number of rotatable bonds is 6. The van der Waals surface area contributed by atoms with Crippen molar-refractivity contribution in [2.45, 2.75) is 32.2 Å². The van der Waals surface area contributed by atoms with E-state index in [-0.39, 0.29) is 18.5 Å². The molecule has 0 unspecified atom stereocenters. The predicted octanol–water partition coefficient (Wildman–Crippen LogP) is 3.45. The largest absolute Gasteiger partial charge is 0.481 e. The van der Waals surface area contributed by atoms with E-state index in [1.807, 2.05) is 31.2 Å². The summed E-state index contributed by atoms with van der Waals surface area (Å²) >= 11 is 0. The molecule has 0 bridgehead atoms. The second kappa shape index (κ2) is 7.99. The Morgan fingerprint density at radius 3 is 2.57 bits per heavy atom. The van der Waals surface area contributed by atoms with Crippen molar-refractivity contribution in [3.8, 4) is 0 Å². The Morgan fingerprint density at radius 1 is 1.21 bits per heavy atom. The highest BCUT2D eigenvalue weighted by Crippen LogP contribution is 2.34. The van der Waals surface area contributed by atoms with E-state index in [4.69, 9.17) is 5.11 Å². The monoisotopic (exact) mass is 381 g/mol. The Kier molecular flexibility index (Phi) is 5.49. The predicted molar refractivity (Wildman–Crippen MR) is 102 cm³/mol. The molecule has 1 aliphatic heterocycles. The Hall–Kier alpha value is -3.55. The fraction of sp³-hybridized carbons (Fsp3) is 0.250. The van der Waals surface area contributed by atoms with Gasteiger partial charge in [0.05, 0.1) is 23.1 Å². The number of carbonyl (C=O) groups is 2. The van der Waals surface area contributed by atoms with E-state index in [0.717, 1.165) is 11.1 Å². The first-order valence-electron chi connectivity index (χ1n) is 8.78. The molecule has 3 rings (SSSR count). The lowest BCUT2D eigenvalue weighted by Crippen LogP contribution is -2.27. The molecule has 0 saturated heterocycles. The van der Waals surface area contributed by atoms with Gasteiger partial charge in [0.1, 0.15) is 0 Å². The minimum atomic E-state index is -1.07. The van der Waals surface area contributed by atoms with Crippen LogP contribution in [0.1, 0.15) is 42.0 Å². The minimum absolute atomic E-state index is 0.0702. The van der Waals surface area contributed by atoms with Gasteiger partial charge < -0.3 is 5.11 Å². The van der Waals surface area contributed by atoms with Crippen molar-refractivity contribution in [1.29, 1.82) is 0 Å². The number of benzene rings is 2. The molecule has 2 aromatic rings. The number of carboxylic acids is 1.